The molecule has 1 aromatic carbocycles. The van der Waals surface area contributed by atoms with Crippen molar-refractivity contribution in [1.82, 2.24) is 9.78 Å². The number of carbonyl (C=O) groups excluding carboxylic acids is 1. The molecule has 0 spiro atoms. The molecule has 0 radical (unpaired) electrons. The van der Waals surface area contributed by atoms with Gasteiger partial charge in [-0.25, -0.2) is 0 Å². The molecule has 0 saturated carbocycles. The molecule has 24 heavy (non-hydrogen) atoms. The lowest BCUT2D eigenvalue weighted by Crippen LogP contribution is -3.12. The molecule has 1 saturated heterocycles. The summed E-state index contributed by atoms with van der Waals surface area (Å²) < 4.78 is 7.03. The van der Waals surface area contributed by atoms with Crippen LogP contribution < -0.4 is 10.2 Å². The predicted molar refractivity (Wildman–Crippen MR) is 92.5 cm³/mol. The fourth-order valence-corrected chi connectivity index (χ4v) is 3.02. The van der Waals surface area contributed by atoms with Crippen molar-refractivity contribution in [3.8, 4) is 0 Å². The third-order valence-electron chi connectivity index (χ3n) is 4.09. The summed E-state index contributed by atoms with van der Waals surface area (Å²) in [5.41, 5.74) is 2.20. The van der Waals surface area contributed by atoms with Crippen LogP contribution in [0.25, 0.3) is 0 Å². The quantitative estimate of drug-likeness (QED) is 0.853. The van der Waals surface area contributed by atoms with Crippen molar-refractivity contribution in [3.05, 3.63) is 46.7 Å². The number of anilines is 1. The van der Waals surface area contributed by atoms with Crippen LogP contribution in [0.3, 0.4) is 0 Å². The van der Waals surface area contributed by atoms with E-state index in [1.165, 1.54) is 10.5 Å². The first-order chi connectivity index (χ1) is 11.7. The maximum atomic E-state index is 12.4. The third-order valence-corrected chi connectivity index (χ3v) is 4.37. The van der Waals surface area contributed by atoms with E-state index in [-0.39, 0.29) is 11.6 Å². The zero-order valence-corrected chi connectivity index (χ0v) is 14.5. The van der Waals surface area contributed by atoms with Gasteiger partial charge >= 0.3 is 0 Å². The van der Waals surface area contributed by atoms with E-state index in [0.717, 1.165) is 38.5 Å². The summed E-state index contributed by atoms with van der Waals surface area (Å²) >= 11 is 6.09. The van der Waals surface area contributed by atoms with Gasteiger partial charge in [-0.15, -0.1) is 0 Å². The highest BCUT2D eigenvalue weighted by molar-refractivity contribution is 6.34. The van der Waals surface area contributed by atoms with Gasteiger partial charge in [-0.1, -0.05) is 23.7 Å². The summed E-state index contributed by atoms with van der Waals surface area (Å²) in [6.07, 6.45) is 1.66. The summed E-state index contributed by atoms with van der Waals surface area (Å²) in [4.78, 5) is 13.9. The zero-order chi connectivity index (χ0) is 16.9. The first kappa shape index (κ1) is 17.0. The van der Waals surface area contributed by atoms with Crippen LogP contribution in [0.5, 0.6) is 0 Å². The highest BCUT2D eigenvalue weighted by atomic mass is 35.5. The van der Waals surface area contributed by atoms with Gasteiger partial charge in [0.15, 0.2) is 5.69 Å². The average molecular weight is 350 g/mol. The maximum Gasteiger partial charge on any atom is 0.277 e. The number of halogens is 1. The summed E-state index contributed by atoms with van der Waals surface area (Å²) in [7, 11) is 0. The smallest absolute Gasteiger partial charge is 0.277 e. The lowest BCUT2D eigenvalue weighted by atomic mass is 10.1. The molecule has 0 unspecified atom stereocenters. The van der Waals surface area contributed by atoms with Crippen molar-refractivity contribution in [3.63, 3.8) is 0 Å². The van der Waals surface area contributed by atoms with Crippen LogP contribution in [0.1, 0.15) is 23.0 Å². The number of nitrogens with one attached hydrogen (secondary N) is 2. The van der Waals surface area contributed by atoms with Crippen LogP contribution in [-0.4, -0.2) is 42.0 Å². The maximum absolute atomic E-state index is 12.4. The van der Waals surface area contributed by atoms with Gasteiger partial charge in [0.1, 0.15) is 19.6 Å². The molecule has 0 aliphatic carbocycles. The van der Waals surface area contributed by atoms with Gasteiger partial charge in [0.25, 0.3) is 5.91 Å². The van der Waals surface area contributed by atoms with Crippen molar-refractivity contribution >= 4 is 23.2 Å². The van der Waals surface area contributed by atoms with Crippen molar-refractivity contribution in [1.29, 1.82) is 0 Å². The number of aryl methyl sites for hydroxylation is 1. The summed E-state index contributed by atoms with van der Waals surface area (Å²) in [6.45, 7) is 7.20. The van der Waals surface area contributed by atoms with Gasteiger partial charge < -0.3 is 15.0 Å². The van der Waals surface area contributed by atoms with Gasteiger partial charge in [0.05, 0.1) is 18.2 Å². The van der Waals surface area contributed by atoms with Crippen LogP contribution in [0, 0.1) is 0 Å². The third kappa shape index (κ3) is 4.14. The van der Waals surface area contributed by atoms with Gasteiger partial charge in [0, 0.05) is 24.0 Å². The van der Waals surface area contributed by atoms with Crippen LogP contribution in [0.2, 0.25) is 5.02 Å². The summed E-state index contributed by atoms with van der Waals surface area (Å²) in [5, 5.41) is 7.44. The van der Waals surface area contributed by atoms with Crippen LogP contribution >= 0.6 is 11.6 Å². The first-order valence-electron chi connectivity index (χ1n) is 8.20. The Hall–Kier alpha value is -1.89. The minimum Gasteiger partial charge on any atom is -0.370 e. The van der Waals surface area contributed by atoms with E-state index < -0.39 is 0 Å². The Labute approximate surface area is 146 Å². The molecule has 1 fully saturated rings. The highest BCUT2D eigenvalue weighted by Crippen LogP contribution is 2.17. The molecule has 2 aromatic rings. The molecule has 3 rings (SSSR count). The first-order valence-corrected chi connectivity index (χ1v) is 8.58. The number of ether oxygens (including phenoxy) is 1. The molecule has 0 atom stereocenters. The predicted octanol–water partition coefficient (Wildman–Crippen LogP) is 1.22. The van der Waals surface area contributed by atoms with Crippen molar-refractivity contribution in [2.45, 2.75) is 20.0 Å². The standard InChI is InChI=1S/C17H21ClN4O2/c1-2-22-12-15(18)16(20-22)17(23)19-14-5-3-4-13(10-14)11-21-6-8-24-9-7-21/h3-5,10,12H,2,6-9,11H2,1H3,(H,19,23)/p+1. The van der Waals surface area contributed by atoms with Gasteiger partial charge in [-0.3, -0.25) is 9.48 Å². The molecule has 1 aromatic heterocycles. The number of rotatable bonds is 5. The normalized spacial score (nSPS) is 15.4. The number of aromatic nitrogens is 2. The Balaban J connectivity index is 1.67. The van der Waals surface area contributed by atoms with Gasteiger partial charge in [-0.2, -0.15) is 5.10 Å². The number of morpholine rings is 1. The Kier molecular flexibility index (Phi) is 5.50. The number of benzene rings is 1. The molecule has 0 bridgehead atoms. The van der Waals surface area contributed by atoms with Crippen molar-refractivity contribution in [2.24, 2.45) is 0 Å². The summed E-state index contributed by atoms with van der Waals surface area (Å²) in [6, 6.07) is 7.92. The molecule has 1 aliphatic rings. The fourth-order valence-electron chi connectivity index (χ4n) is 2.79. The van der Waals surface area contributed by atoms with Crippen LogP contribution in [0.15, 0.2) is 30.5 Å². The molecule has 2 heterocycles. The number of amides is 1. The number of quaternary nitrogens is 1. The monoisotopic (exact) mass is 349 g/mol. The van der Waals surface area contributed by atoms with E-state index in [9.17, 15) is 4.79 Å². The second-order valence-corrected chi connectivity index (χ2v) is 6.28. The summed E-state index contributed by atoms with van der Waals surface area (Å²) in [5.74, 6) is -0.289. The Bertz CT molecular complexity index is 710. The molecule has 6 nitrogen and oxygen atoms in total. The minimum atomic E-state index is -0.289. The van der Waals surface area contributed by atoms with E-state index in [2.05, 4.69) is 16.5 Å². The molecular weight excluding hydrogens is 328 g/mol. The molecule has 7 heteroatoms. The SMILES string of the molecule is CCn1cc(Cl)c(C(=O)Nc2cccc(C[NH+]3CCOCC3)c2)n1. The van der Waals surface area contributed by atoms with E-state index >= 15 is 0 Å². The number of nitrogens with zero attached hydrogens (tertiary/aromatic N) is 2. The number of hydrogen-bond acceptors (Lipinski definition) is 3. The topological polar surface area (TPSA) is 60.6 Å². The van der Waals surface area contributed by atoms with E-state index in [0.29, 0.717) is 11.6 Å². The zero-order valence-electron chi connectivity index (χ0n) is 13.7. The molecule has 128 valence electrons. The van der Waals surface area contributed by atoms with E-state index in [4.69, 9.17) is 16.3 Å². The second-order valence-electron chi connectivity index (χ2n) is 5.87. The molecule has 2 N–H and O–H groups in total. The van der Waals surface area contributed by atoms with Crippen molar-refractivity contribution < 1.29 is 14.4 Å². The van der Waals surface area contributed by atoms with E-state index in [1.54, 1.807) is 10.9 Å². The lowest BCUT2D eigenvalue weighted by molar-refractivity contribution is -0.921. The highest BCUT2D eigenvalue weighted by Gasteiger charge is 2.17. The van der Waals surface area contributed by atoms with Gasteiger partial charge in [-0.05, 0) is 19.1 Å². The molecular formula is C17H22ClN4O2+. The molecule has 1 amide bonds. The van der Waals surface area contributed by atoms with Crippen molar-refractivity contribution in [2.75, 3.05) is 31.6 Å². The van der Waals surface area contributed by atoms with Crippen LogP contribution in [-0.2, 0) is 17.8 Å². The second kappa shape index (κ2) is 7.79. The van der Waals surface area contributed by atoms with Gasteiger partial charge in [0.2, 0.25) is 0 Å². The average Bonchev–Trinajstić information content (AvgIpc) is 2.97. The minimum absolute atomic E-state index is 0.253. The number of carbonyl (C=O) groups is 1. The fraction of sp³-hybridized carbons (Fsp3) is 0.412. The lowest BCUT2D eigenvalue weighted by Gasteiger charge is -2.23. The Morgan fingerprint density at radius 2 is 2.21 bits per heavy atom. The molecule has 1 aliphatic heterocycles. The van der Waals surface area contributed by atoms with Crippen LogP contribution in [0.4, 0.5) is 5.69 Å². The Morgan fingerprint density at radius 1 is 1.42 bits per heavy atom. The largest absolute Gasteiger partial charge is 0.370 e. The Morgan fingerprint density at radius 3 is 2.92 bits per heavy atom. The van der Waals surface area contributed by atoms with E-state index in [1.807, 2.05) is 25.1 Å². The number of hydrogen-bond donors (Lipinski definition) is 2.